The van der Waals surface area contributed by atoms with Crippen LogP contribution in [0.4, 0.5) is 0 Å². The standard InChI is InChI=1S/C13H20N2O2/c1-9(2)15-13(17)10(3)14-8-11-4-6-12(16)7-5-11/h4-7,9-10,14,16H,8H2,1-3H3,(H,15,17). The van der Waals surface area contributed by atoms with E-state index in [4.69, 9.17) is 5.11 Å². The van der Waals surface area contributed by atoms with E-state index in [1.807, 2.05) is 32.9 Å². The molecule has 0 fully saturated rings. The Labute approximate surface area is 102 Å². The van der Waals surface area contributed by atoms with Gasteiger partial charge in [0, 0.05) is 12.6 Å². The molecule has 0 saturated carbocycles. The first-order valence-corrected chi connectivity index (χ1v) is 5.80. The average Bonchev–Trinajstić information content (AvgIpc) is 2.27. The summed E-state index contributed by atoms with van der Waals surface area (Å²) >= 11 is 0. The van der Waals surface area contributed by atoms with Crippen molar-refractivity contribution in [2.45, 2.75) is 39.4 Å². The Morgan fingerprint density at radius 2 is 1.82 bits per heavy atom. The Morgan fingerprint density at radius 1 is 1.24 bits per heavy atom. The van der Waals surface area contributed by atoms with Crippen LogP contribution >= 0.6 is 0 Å². The van der Waals surface area contributed by atoms with Crippen LogP contribution < -0.4 is 10.6 Å². The summed E-state index contributed by atoms with van der Waals surface area (Å²) in [4.78, 5) is 11.6. The summed E-state index contributed by atoms with van der Waals surface area (Å²) in [5.74, 6) is 0.248. The zero-order chi connectivity index (χ0) is 12.8. The number of rotatable bonds is 5. The smallest absolute Gasteiger partial charge is 0.237 e. The predicted molar refractivity (Wildman–Crippen MR) is 67.7 cm³/mol. The van der Waals surface area contributed by atoms with E-state index in [0.717, 1.165) is 5.56 Å². The molecular formula is C13H20N2O2. The number of hydrogen-bond donors (Lipinski definition) is 3. The lowest BCUT2D eigenvalue weighted by Gasteiger charge is -2.16. The SMILES string of the molecule is CC(C)NC(=O)C(C)NCc1ccc(O)cc1. The maximum atomic E-state index is 11.6. The van der Waals surface area contributed by atoms with Gasteiger partial charge in [0.1, 0.15) is 5.75 Å². The summed E-state index contributed by atoms with van der Waals surface area (Å²) < 4.78 is 0. The number of carbonyl (C=O) groups excluding carboxylic acids is 1. The van der Waals surface area contributed by atoms with Crippen LogP contribution in [0.1, 0.15) is 26.3 Å². The number of benzene rings is 1. The molecule has 1 aromatic carbocycles. The molecule has 0 heterocycles. The molecule has 94 valence electrons. The van der Waals surface area contributed by atoms with Crippen molar-refractivity contribution in [2.75, 3.05) is 0 Å². The fraction of sp³-hybridized carbons (Fsp3) is 0.462. The van der Waals surface area contributed by atoms with Crippen LogP contribution in [0.3, 0.4) is 0 Å². The number of phenolic OH excluding ortho intramolecular Hbond substituents is 1. The van der Waals surface area contributed by atoms with Gasteiger partial charge in [0.15, 0.2) is 0 Å². The van der Waals surface area contributed by atoms with E-state index < -0.39 is 0 Å². The molecule has 0 saturated heterocycles. The molecule has 1 atom stereocenters. The van der Waals surface area contributed by atoms with Gasteiger partial charge in [0.05, 0.1) is 6.04 Å². The van der Waals surface area contributed by atoms with Crippen molar-refractivity contribution >= 4 is 5.91 Å². The third-order valence-corrected chi connectivity index (χ3v) is 2.37. The predicted octanol–water partition coefficient (Wildman–Crippen LogP) is 1.39. The minimum absolute atomic E-state index is 0.00113. The maximum absolute atomic E-state index is 11.6. The third-order valence-electron chi connectivity index (χ3n) is 2.37. The van der Waals surface area contributed by atoms with Gasteiger partial charge in [-0.1, -0.05) is 12.1 Å². The molecule has 1 unspecified atom stereocenters. The number of amides is 1. The van der Waals surface area contributed by atoms with Crippen LogP contribution in [0.2, 0.25) is 0 Å². The highest BCUT2D eigenvalue weighted by Crippen LogP contribution is 2.09. The summed E-state index contributed by atoms with van der Waals surface area (Å²) in [6, 6.07) is 6.85. The second-order valence-corrected chi connectivity index (χ2v) is 4.43. The van der Waals surface area contributed by atoms with E-state index >= 15 is 0 Å². The Morgan fingerprint density at radius 3 is 2.35 bits per heavy atom. The molecule has 1 amide bonds. The second kappa shape index (κ2) is 6.25. The number of phenols is 1. The molecule has 0 radical (unpaired) electrons. The highest BCUT2D eigenvalue weighted by Gasteiger charge is 2.12. The van der Waals surface area contributed by atoms with Gasteiger partial charge in [0.2, 0.25) is 5.91 Å². The Kier molecular flexibility index (Phi) is 4.97. The van der Waals surface area contributed by atoms with Gasteiger partial charge in [-0.25, -0.2) is 0 Å². The van der Waals surface area contributed by atoms with Crippen molar-refractivity contribution in [2.24, 2.45) is 0 Å². The second-order valence-electron chi connectivity index (χ2n) is 4.43. The largest absolute Gasteiger partial charge is 0.508 e. The normalized spacial score (nSPS) is 12.5. The van der Waals surface area contributed by atoms with Crippen LogP contribution in [0.15, 0.2) is 24.3 Å². The monoisotopic (exact) mass is 236 g/mol. The van der Waals surface area contributed by atoms with Crippen molar-refractivity contribution in [1.29, 1.82) is 0 Å². The first-order valence-electron chi connectivity index (χ1n) is 5.80. The summed E-state index contributed by atoms with van der Waals surface area (Å²) in [5.41, 5.74) is 1.03. The first kappa shape index (κ1) is 13.5. The minimum atomic E-state index is -0.230. The molecule has 0 spiro atoms. The van der Waals surface area contributed by atoms with Gasteiger partial charge in [-0.2, -0.15) is 0 Å². The number of hydrogen-bond acceptors (Lipinski definition) is 3. The number of nitrogens with one attached hydrogen (secondary N) is 2. The minimum Gasteiger partial charge on any atom is -0.508 e. The van der Waals surface area contributed by atoms with E-state index in [1.165, 1.54) is 0 Å². The maximum Gasteiger partial charge on any atom is 0.237 e. The Hall–Kier alpha value is -1.55. The van der Waals surface area contributed by atoms with E-state index in [0.29, 0.717) is 6.54 Å². The molecule has 3 N–H and O–H groups in total. The fourth-order valence-electron chi connectivity index (χ4n) is 1.39. The lowest BCUT2D eigenvalue weighted by Crippen LogP contribution is -2.44. The van der Waals surface area contributed by atoms with Gasteiger partial charge < -0.3 is 15.7 Å². The molecular weight excluding hydrogens is 216 g/mol. The highest BCUT2D eigenvalue weighted by atomic mass is 16.3. The van der Waals surface area contributed by atoms with Crippen molar-refractivity contribution in [3.8, 4) is 5.75 Å². The van der Waals surface area contributed by atoms with E-state index in [9.17, 15) is 4.79 Å². The molecule has 17 heavy (non-hydrogen) atoms. The van der Waals surface area contributed by atoms with Gasteiger partial charge in [-0.15, -0.1) is 0 Å². The van der Waals surface area contributed by atoms with Gasteiger partial charge in [0.25, 0.3) is 0 Å². The van der Waals surface area contributed by atoms with Crippen LogP contribution in [0.25, 0.3) is 0 Å². The van der Waals surface area contributed by atoms with E-state index in [1.54, 1.807) is 12.1 Å². The number of carbonyl (C=O) groups is 1. The molecule has 0 aliphatic heterocycles. The van der Waals surface area contributed by atoms with Crippen molar-refractivity contribution in [3.63, 3.8) is 0 Å². The molecule has 0 aliphatic rings. The van der Waals surface area contributed by atoms with Crippen molar-refractivity contribution in [1.82, 2.24) is 10.6 Å². The Bertz CT molecular complexity index is 360. The third kappa shape index (κ3) is 4.87. The molecule has 0 bridgehead atoms. The van der Waals surface area contributed by atoms with Crippen LogP contribution in [0, 0.1) is 0 Å². The van der Waals surface area contributed by atoms with Gasteiger partial charge in [-0.3, -0.25) is 4.79 Å². The topological polar surface area (TPSA) is 61.4 Å². The molecule has 0 aliphatic carbocycles. The molecule has 0 aromatic heterocycles. The van der Waals surface area contributed by atoms with Crippen LogP contribution in [-0.2, 0) is 11.3 Å². The lowest BCUT2D eigenvalue weighted by atomic mass is 10.2. The summed E-state index contributed by atoms with van der Waals surface area (Å²) in [5, 5.41) is 15.1. The quantitative estimate of drug-likeness (QED) is 0.724. The molecule has 4 nitrogen and oxygen atoms in total. The zero-order valence-corrected chi connectivity index (χ0v) is 10.5. The molecule has 1 rings (SSSR count). The Balaban J connectivity index is 2.40. The first-order chi connectivity index (χ1) is 7.99. The van der Waals surface area contributed by atoms with Gasteiger partial charge >= 0.3 is 0 Å². The number of aromatic hydroxyl groups is 1. The van der Waals surface area contributed by atoms with Crippen molar-refractivity contribution in [3.05, 3.63) is 29.8 Å². The van der Waals surface area contributed by atoms with Crippen LogP contribution in [-0.4, -0.2) is 23.1 Å². The van der Waals surface area contributed by atoms with E-state index in [-0.39, 0.29) is 23.7 Å². The zero-order valence-electron chi connectivity index (χ0n) is 10.5. The van der Waals surface area contributed by atoms with E-state index in [2.05, 4.69) is 10.6 Å². The molecule has 1 aromatic rings. The summed E-state index contributed by atoms with van der Waals surface area (Å²) in [7, 11) is 0. The highest BCUT2D eigenvalue weighted by molar-refractivity contribution is 5.81. The van der Waals surface area contributed by atoms with Gasteiger partial charge in [-0.05, 0) is 38.5 Å². The molecule has 4 heteroatoms. The fourth-order valence-corrected chi connectivity index (χ4v) is 1.39. The van der Waals surface area contributed by atoms with Crippen LogP contribution in [0.5, 0.6) is 5.75 Å². The average molecular weight is 236 g/mol. The summed E-state index contributed by atoms with van der Waals surface area (Å²) in [6.07, 6.45) is 0. The summed E-state index contributed by atoms with van der Waals surface area (Å²) in [6.45, 7) is 6.31. The van der Waals surface area contributed by atoms with Crippen molar-refractivity contribution < 1.29 is 9.90 Å². The lowest BCUT2D eigenvalue weighted by molar-refractivity contribution is -0.123.